The lowest BCUT2D eigenvalue weighted by molar-refractivity contribution is -0.131. The summed E-state index contributed by atoms with van der Waals surface area (Å²) in [5, 5.41) is 3.39. The number of aryl methyl sites for hydroxylation is 1. The molecule has 1 aromatic heterocycles. The van der Waals surface area contributed by atoms with Crippen molar-refractivity contribution in [1.29, 1.82) is 0 Å². The van der Waals surface area contributed by atoms with Gasteiger partial charge in [-0.25, -0.2) is 4.98 Å². The average molecular weight is 482 g/mol. The zero-order valence-corrected chi connectivity index (χ0v) is 20.0. The van der Waals surface area contributed by atoms with Gasteiger partial charge in [-0.1, -0.05) is 29.5 Å². The number of ether oxygens (including phenoxy) is 3. The highest BCUT2D eigenvalue weighted by Gasteiger charge is 2.32. The van der Waals surface area contributed by atoms with Gasteiger partial charge in [0.25, 0.3) is 0 Å². The minimum absolute atomic E-state index is 0.000331. The van der Waals surface area contributed by atoms with Crippen LogP contribution in [-0.4, -0.2) is 54.8 Å². The summed E-state index contributed by atoms with van der Waals surface area (Å²) in [7, 11) is 1.60. The summed E-state index contributed by atoms with van der Waals surface area (Å²) in [5.74, 6) is 0.927. The third-order valence-corrected chi connectivity index (χ3v) is 7.16. The van der Waals surface area contributed by atoms with Gasteiger partial charge < -0.3 is 24.4 Å². The molecule has 5 rings (SSSR count). The van der Waals surface area contributed by atoms with Crippen LogP contribution < -0.4 is 14.8 Å². The van der Waals surface area contributed by atoms with E-state index in [1.165, 1.54) is 11.3 Å². The van der Waals surface area contributed by atoms with Gasteiger partial charge in [0.15, 0.2) is 22.9 Å². The molecule has 9 heteroatoms. The molecule has 1 N–H and O–H groups in total. The first-order chi connectivity index (χ1) is 16.5. The third kappa shape index (κ3) is 4.71. The SMILES string of the molecule is COc1ccc([C@@H]2CC(=O)N(CC(=O)Nc3nc4c(C)cccc4s3)C2)cc1OC1CCCO1. The minimum atomic E-state index is -0.277. The third-order valence-electron chi connectivity index (χ3n) is 6.22. The lowest BCUT2D eigenvalue weighted by Crippen LogP contribution is -2.34. The van der Waals surface area contributed by atoms with E-state index in [4.69, 9.17) is 14.2 Å². The van der Waals surface area contributed by atoms with Crippen LogP contribution in [0.4, 0.5) is 5.13 Å². The van der Waals surface area contributed by atoms with Crippen molar-refractivity contribution in [2.24, 2.45) is 0 Å². The number of aromatic nitrogens is 1. The number of benzene rings is 2. The van der Waals surface area contributed by atoms with E-state index in [9.17, 15) is 9.59 Å². The fourth-order valence-corrected chi connectivity index (χ4v) is 5.40. The molecule has 2 atom stereocenters. The van der Waals surface area contributed by atoms with Crippen LogP contribution in [0, 0.1) is 6.92 Å². The highest BCUT2D eigenvalue weighted by molar-refractivity contribution is 7.22. The molecule has 178 valence electrons. The van der Waals surface area contributed by atoms with E-state index in [1.54, 1.807) is 12.0 Å². The van der Waals surface area contributed by atoms with Crippen LogP contribution in [0.3, 0.4) is 0 Å². The van der Waals surface area contributed by atoms with Gasteiger partial charge >= 0.3 is 0 Å². The zero-order chi connectivity index (χ0) is 23.7. The number of carbonyl (C=O) groups excluding carboxylic acids is 2. The molecule has 0 bridgehead atoms. The number of fused-ring (bicyclic) bond motifs is 1. The molecule has 8 nitrogen and oxygen atoms in total. The monoisotopic (exact) mass is 481 g/mol. The Morgan fingerprint density at radius 2 is 2.18 bits per heavy atom. The topological polar surface area (TPSA) is 90.0 Å². The van der Waals surface area contributed by atoms with Gasteiger partial charge in [-0.2, -0.15) is 0 Å². The van der Waals surface area contributed by atoms with Crippen molar-refractivity contribution in [1.82, 2.24) is 9.88 Å². The van der Waals surface area contributed by atoms with Crippen molar-refractivity contribution >= 4 is 38.5 Å². The van der Waals surface area contributed by atoms with Crippen LogP contribution in [0.1, 0.15) is 36.3 Å². The normalized spacial score (nSPS) is 20.2. The number of anilines is 1. The highest BCUT2D eigenvalue weighted by Crippen LogP contribution is 2.36. The predicted molar refractivity (Wildman–Crippen MR) is 130 cm³/mol. The first kappa shape index (κ1) is 22.6. The number of thiazole rings is 1. The second kappa shape index (κ2) is 9.60. The fourth-order valence-electron chi connectivity index (χ4n) is 4.44. The van der Waals surface area contributed by atoms with E-state index in [2.05, 4.69) is 10.3 Å². The van der Waals surface area contributed by atoms with Gasteiger partial charge in [0, 0.05) is 25.3 Å². The summed E-state index contributed by atoms with van der Waals surface area (Å²) < 4.78 is 18.0. The van der Waals surface area contributed by atoms with Crippen molar-refractivity contribution in [3.05, 3.63) is 47.5 Å². The van der Waals surface area contributed by atoms with Gasteiger partial charge in [0.05, 0.1) is 30.5 Å². The van der Waals surface area contributed by atoms with Crippen molar-refractivity contribution in [2.75, 3.05) is 32.1 Å². The lowest BCUT2D eigenvalue weighted by atomic mass is 9.98. The number of rotatable bonds is 7. The van der Waals surface area contributed by atoms with Gasteiger partial charge in [-0.05, 0) is 42.7 Å². The number of methoxy groups -OCH3 is 1. The molecule has 2 saturated heterocycles. The molecule has 2 aromatic carbocycles. The van der Waals surface area contributed by atoms with E-state index in [0.29, 0.717) is 36.2 Å². The Balaban J connectivity index is 1.24. The van der Waals surface area contributed by atoms with Crippen LogP contribution in [0.2, 0.25) is 0 Å². The number of hydrogen-bond acceptors (Lipinski definition) is 7. The van der Waals surface area contributed by atoms with Crippen LogP contribution in [0.15, 0.2) is 36.4 Å². The first-order valence-corrected chi connectivity index (χ1v) is 12.2. The number of likely N-dealkylation sites (tertiary alicyclic amines) is 1. The largest absolute Gasteiger partial charge is 0.493 e. The van der Waals surface area contributed by atoms with Gasteiger partial charge in [0.2, 0.25) is 11.8 Å². The molecular formula is C25H27N3O5S. The number of nitrogens with zero attached hydrogens (tertiary/aromatic N) is 2. The molecule has 34 heavy (non-hydrogen) atoms. The zero-order valence-electron chi connectivity index (χ0n) is 19.2. The smallest absolute Gasteiger partial charge is 0.245 e. The highest BCUT2D eigenvalue weighted by atomic mass is 32.1. The molecule has 0 spiro atoms. The van der Waals surface area contributed by atoms with Crippen molar-refractivity contribution in [3.8, 4) is 11.5 Å². The number of hydrogen-bond donors (Lipinski definition) is 1. The van der Waals surface area contributed by atoms with Crippen LogP contribution in [0.5, 0.6) is 11.5 Å². The summed E-state index contributed by atoms with van der Waals surface area (Å²) in [6.07, 6.45) is 1.88. The average Bonchev–Trinajstić information content (AvgIpc) is 3.55. The van der Waals surface area contributed by atoms with Gasteiger partial charge in [-0.3, -0.25) is 9.59 Å². The van der Waals surface area contributed by atoms with Crippen molar-refractivity contribution in [2.45, 2.75) is 38.4 Å². The molecule has 3 heterocycles. The summed E-state index contributed by atoms with van der Waals surface area (Å²) in [5.41, 5.74) is 2.93. The second-order valence-electron chi connectivity index (χ2n) is 8.63. The van der Waals surface area contributed by atoms with Crippen LogP contribution in [-0.2, 0) is 14.3 Å². The Kier molecular flexibility index (Phi) is 6.38. The Morgan fingerprint density at radius 3 is 2.94 bits per heavy atom. The standard InChI is InChI=1S/C25H27N3O5S/c1-15-5-3-6-20-24(15)27-25(34-20)26-21(29)14-28-13-17(12-22(28)30)16-8-9-18(31-2)19(11-16)33-23-7-4-10-32-23/h3,5-6,8-9,11,17,23H,4,7,10,12-14H2,1-2H3,(H,26,27,29)/t17-,23?/m1/s1. The summed E-state index contributed by atoms with van der Waals surface area (Å²) in [4.78, 5) is 31.5. The number of amides is 2. The summed E-state index contributed by atoms with van der Waals surface area (Å²) >= 11 is 1.43. The molecule has 2 aliphatic heterocycles. The first-order valence-electron chi connectivity index (χ1n) is 11.4. The Morgan fingerprint density at radius 1 is 1.29 bits per heavy atom. The maximum Gasteiger partial charge on any atom is 0.245 e. The van der Waals surface area contributed by atoms with Crippen molar-refractivity contribution < 1.29 is 23.8 Å². The van der Waals surface area contributed by atoms with Crippen molar-refractivity contribution in [3.63, 3.8) is 0 Å². The lowest BCUT2D eigenvalue weighted by Gasteiger charge is -2.19. The van der Waals surface area contributed by atoms with Crippen LogP contribution in [0.25, 0.3) is 10.2 Å². The maximum absolute atomic E-state index is 12.7. The Hall–Kier alpha value is -3.17. The van der Waals surface area contributed by atoms with Gasteiger partial charge in [0.1, 0.15) is 0 Å². The summed E-state index contributed by atoms with van der Waals surface area (Å²) in [6.45, 7) is 3.15. The number of para-hydroxylation sites is 1. The fraction of sp³-hybridized carbons (Fsp3) is 0.400. The molecule has 0 radical (unpaired) electrons. The molecule has 1 unspecified atom stereocenters. The molecule has 0 saturated carbocycles. The van der Waals surface area contributed by atoms with E-state index in [0.717, 1.165) is 34.2 Å². The molecule has 3 aromatic rings. The molecule has 2 aliphatic rings. The molecular weight excluding hydrogens is 454 g/mol. The van der Waals surface area contributed by atoms with Gasteiger partial charge in [-0.15, -0.1) is 0 Å². The number of nitrogens with one attached hydrogen (secondary N) is 1. The quantitative estimate of drug-likeness (QED) is 0.547. The van der Waals surface area contributed by atoms with E-state index >= 15 is 0 Å². The predicted octanol–water partition coefficient (Wildman–Crippen LogP) is 4.08. The molecule has 2 fully saturated rings. The maximum atomic E-state index is 12.7. The Labute approximate surface area is 201 Å². The Bertz CT molecular complexity index is 1220. The minimum Gasteiger partial charge on any atom is -0.493 e. The second-order valence-corrected chi connectivity index (χ2v) is 9.67. The van der Waals surface area contributed by atoms with E-state index < -0.39 is 0 Å². The van der Waals surface area contributed by atoms with E-state index in [-0.39, 0.29) is 30.6 Å². The molecule has 0 aliphatic carbocycles. The van der Waals surface area contributed by atoms with E-state index in [1.807, 2.05) is 43.3 Å². The van der Waals surface area contributed by atoms with Crippen LogP contribution >= 0.6 is 11.3 Å². The summed E-state index contributed by atoms with van der Waals surface area (Å²) in [6, 6.07) is 11.7. The molecule has 2 amide bonds. The number of carbonyl (C=O) groups is 2.